The molecule has 1 aliphatic rings. The molecule has 0 radical (unpaired) electrons. The molecule has 2 N–H and O–H groups in total. The Balaban J connectivity index is 1.61. The summed E-state index contributed by atoms with van der Waals surface area (Å²) < 4.78 is 5.41. The van der Waals surface area contributed by atoms with Crippen molar-refractivity contribution in [3.05, 3.63) is 58.1 Å². The van der Waals surface area contributed by atoms with Gasteiger partial charge in [0.2, 0.25) is 0 Å². The number of nitrogens with zero attached hydrogens (tertiary/aromatic N) is 3. The first-order valence-electron chi connectivity index (χ1n) is 10.2. The number of phenols is 1. The van der Waals surface area contributed by atoms with E-state index in [0.29, 0.717) is 31.9 Å². The van der Waals surface area contributed by atoms with Crippen LogP contribution in [0.2, 0.25) is 0 Å². The van der Waals surface area contributed by atoms with Crippen LogP contribution in [0.15, 0.2) is 42.5 Å². The Morgan fingerprint density at radius 3 is 2.25 bits per heavy atom. The topological polar surface area (TPSA) is 125 Å². The number of nitro groups is 1. The van der Waals surface area contributed by atoms with Crippen molar-refractivity contribution in [2.75, 3.05) is 36.4 Å². The predicted octanol–water partition coefficient (Wildman–Crippen LogP) is 3.61. The highest BCUT2D eigenvalue weighted by Gasteiger charge is 2.26. The van der Waals surface area contributed by atoms with Gasteiger partial charge in [-0.05, 0) is 57.2 Å². The predicted molar refractivity (Wildman–Crippen MR) is 119 cm³/mol. The zero-order chi connectivity index (χ0) is 23.5. The molecule has 1 aliphatic heterocycles. The first-order valence-corrected chi connectivity index (χ1v) is 10.2. The van der Waals surface area contributed by atoms with Crippen LogP contribution in [0.3, 0.4) is 0 Å². The van der Waals surface area contributed by atoms with Crippen molar-refractivity contribution in [3.8, 4) is 5.75 Å². The Labute approximate surface area is 185 Å². The number of carbonyl (C=O) groups excluding carboxylic acids is 2. The van der Waals surface area contributed by atoms with Crippen LogP contribution >= 0.6 is 0 Å². The quantitative estimate of drug-likeness (QED) is 0.547. The second-order valence-corrected chi connectivity index (χ2v) is 8.41. The highest BCUT2D eigenvalue weighted by Crippen LogP contribution is 2.25. The molecule has 0 unspecified atom stereocenters. The maximum Gasteiger partial charge on any atom is 0.410 e. The van der Waals surface area contributed by atoms with E-state index in [1.54, 1.807) is 17.0 Å². The second kappa shape index (κ2) is 9.13. The molecular weight excluding hydrogens is 416 g/mol. The standard InChI is InChI=1S/C22H26N4O6/c1-22(2,3)32-21(29)25-12-10-24(11-13-25)16-6-4-15(5-7-16)23-20(28)18-14-17(27)8-9-19(18)26(30)31/h4-9,14,27H,10-13H2,1-3H3,(H,23,28). The van der Waals surface area contributed by atoms with Gasteiger partial charge in [0, 0.05) is 43.6 Å². The number of carbonyl (C=O) groups is 2. The van der Waals surface area contributed by atoms with E-state index in [2.05, 4.69) is 10.2 Å². The normalized spacial score (nSPS) is 14.1. The summed E-state index contributed by atoms with van der Waals surface area (Å²) in [6.45, 7) is 7.85. The van der Waals surface area contributed by atoms with Gasteiger partial charge in [-0.1, -0.05) is 0 Å². The van der Waals surface area contributed by atoms with Crippen LogP contribution in [0.4, 0.5) is 21.9 Å². The lowest BCUT2D eigenvalue weighted by molar-refractivity contribution is -0.385. The number of amides is 2. The van der Waals surface area contributed by atoms with Crippen LogP contribution in [0.5, 0.6) is 5.75 Å². The zero-order valence-corrected chi connectivity index (χ0v) is 18.2. The molecule has 1 fully saturated rings. The largest absolute Gasteiger partial charge is 0.508 e. The number of anilines is 2. The van der Waals surface area contributed by atoms with Crippen LogP contribution in [0.25, 0.3) is 0 Å². The lowest BCUT2D eigenvalue weighted by Gasteiger charge is -2.36. The number of nitro benzene ring substituents is 1. The molecule has 32 heavy (non-hydrogen) atoms. The Morgan fingerprint density at radius 2 is 1.69 bits per heavy atom. The molecule has 0 aliphatic carbocycles. The molecule has 10 nitrogen and oxygen atoms in total. The van der Waals surface area contributed by atoms with Crippen LogP contribution in [0, 0.1) is 10.1 Å². The number of benzene rings is 2. The van der Waals surface area contributed by atoms with Crippen molar-refractivity contribution in [2.24, 2.45) is 0 Å². The third-order valence-corrected chi connectivity index (χ3v) is 4.84. The minimum absolute atomic E-state index is 0.225. The molecule has 0 atom stereocenters. The number of hydrogen-bond donors (Lipinski definition) is 2. The highest BCUT2D eigenvalue weighted by molar-refractivity contribution is 6.07. The fourth-order valence-corrected chi connectivity index (χ4v) is 3.29. The van der Waals surface area contributed by atoms with Crippen molar-refractivity contribution in [3.63, 3.8) is 0 Å². The van der Waals surface area contributed by atoms with Gasteiger partial charge in [0.1, 0.15) is 16.9 Å². The molecule has 2 aromatic rings. The zero-order valence-electron chi connectivity index (χ0n) is 18.2. The van der Waals surface area contributed by atoms with Gasteiger partial charge in [-0.2, -0.15) is 0 Å². The Bertz CT molecular complexity index is 1010. The third kappa shape index (κ3) is 5.65. The summed E-state index contributed by atoms with van der Waals surface area (Å²) in [4.78, 5) is 39.0. The van der Waals surface area contributed by atoms with Gasteiger partial charge in [0.25, 0.3) is 11.6 Å². The van der Waals surface area contributed by atoms with E-state index in [4.69, 9.17) is 4.74 Å². The van der Waals surface area contributed by atoms with E-state index in [0.717, 1.165) is 23.9 Å². The van der Waals surface area contributed by atoms with Gasteiger partial charge >= 0.3 is 6.09 Å². The number of aromatic hydroxyl groups is 1. The van der Waals surface area contributed by atoms with Crippen molar-refractivity contribution < 1.29 is 24.4 Å². The second-order valence-electron chi connectivity index (χ2n) is 8.41. The number of ether oxygens (including phenoxy) is 1. The summed E-state index contributed by atoms with van der Waals surface area (Å²) in [5.41, 5.74) is 0.240. The molecule has 0 aromatic heterocycles. The molecule has 2 aromatic carbocycles. The summed E-state index contributed by atoms with van der Waals surface area (Å²) >= 11 is 0. The van der Waals surface area contributed by atoms with Crippen LogP contribution in [0.1, 0.15) is 31.1 Å². The summed E-state index contributed by atoms with van der Waals surface area (Å²) in [5, 5.41) is 23.3. The lowest BCUT2D eigenvalue weighted by atomic mass is 10.1. The molecule has 170 valence electrons. The average molecular weight is 442 g/mol. The number of hydrogen-bond acceptors (Lipinski definition) is 7. The minimum atomic E-state index is -0.689. The fourth-order valence-electron chi connectivity index (χ4n) is 3.29. The fraction of sp³-hybridized carbons (Fsp3) is 0.364. The van der Waals surface area contributed by atoms with Crippen LogP contribution in [-0.4, -0.2) is 58.7 Å². The summed E-state index contributed by atoms with van der Waals surface area (Å²) in [6.07, 6.45) is -0.323. The molecule has 2 amide bonds. The van der Waals surface area contributed by atoms with Gasteiger partial charge in [-0.25, -0.2) is 4.79 Å². The van der Waals surface area contributed by atoms with Crippen molar-refractivity contribution >= 4 is 29.1 Å². The molecular formula is C22H26N4O6. The molecule has 3 rings (SSSR count). The van der Waals surface area contributed by atoms with E-state index in [-0.39, 0.29) is 23.1 Å². The van der Waals surface area contributed by atoms with Crippen molar-refractivity contribution in [1.29, 1.82) is 0 Å². The average Bonchev–Trinajstić information content (AvgIpc) is 2.73. The van der Waals surface area contributed by atoms with E-state index >= 15 is 0 Å². The maximum absolute atomic E-state index is 12.5. The minimum Gasteiger partial charge on any atom is -0.508 e. The maximum atomic E-state index is 12.5. The number of phenolic OH excluding ortho intramolecular Hbond substituents is 1. The number of rotatable bonds is 4. The van der Waals surface area contributed by atoms with Gasteiger partial charge in [0.15, 0.2) is 0 Å². The molecule has 0 bridgehead atoms. The Hall–Kier alpha value is -3.82. The lowest BCUT2D eigenvalue weighted by Crippen LogP contribution is -2.50. The van der Waals surface area contributed by atoms with Gasteiger partial charge < -0.3 is 25.0 Å². The Morgan fingerprint density at radius 1 is 1.06 bits per heavy atom. The van der Waals surface area contributed by atoms with E-state index in [9.17, 15) is 24.8 Å². The van der Waals surface area contributed by atoms with Crippen LogP contribution < -0.4 is 10.2 Å². The van der Waals surface area contributed by atoms with E-state index in [1.165, 1.54) is 0 Å². The van der Waals surface area contributed by atoms with Crippen molar-refractivity contribution in [1.82, 2.24) is 4.90 Å². The SMILES string of the molecule is CC(C)(C)OC(=O)N1CCN(c2ccc(NC(=O)c3cc(O)ccc3[N+](=O)[O-])cc2)CC1. The summed E-state index contributed by atoms with van der Waals surface area (Å²) in [5.74, 6) is -0.923. The molecule has 1 saturated heterocycles. The highest BCUT2D eigenvalue weighted by atomic mass is 16.6. The Kier molecular flexibility index (Phi) is 6.52. The molecule has 1 heterocycles. The molecule has 10 heteroatoms. The summed E-state index contributed by atoms with van der Waals surface area (Å²) in [7, 11) is 0. The van der Waals surface area contributed by atoms with Gasteiger partial charge in [-0.3, -0.25) is 14.9 Å². The monoisotopic (exact) mass is 442 g/mol. The molecule has 0 spiro atoms. The smallest absolute Gasteiger partial charge is 0.410 e. The number of piperazine rings is 1. The third-order valence-electron chi connectivity index (χ3n) is 4.84. The van der Waals surface area contributed by atoms with Gasteiger partial charge in [0.05, 0.1) is 4.92 Å². The first kappa shape index (κ1) is 22.9. The van der Waals surface area contributed by atoms with Gasteiger partial charge in [-0.15, -0.1) is 0 Å². The number of nitrogens with one attached hydrogen (secondary N) is 1. The van der Waals surface area contributed by atoms with E-state index < -0.39 is 16.4 Å². The van der Waals surface area contributed by atoms with Crippen molar-refractivity contribution in [2.45, 2.75) is 26.4 Å². The molecule has 0 saturated carbocycles. The van der Waals surface area contributed by atoms with Crippen LogP contribution in [-0.2, 0) is 4.74 Å². The summed E-state index contributed by atoms with van der Waals surface area (Å²) in [6, 6.07) is 10.4. The first-order chi connectivity index (χ1) is 15.0. The van der Waals surface area contributed by atoms with E-state index in [1.807, 2.05) is 32.9 Å².